The van der Waals surface area contributed by atoms with Crippen molar-refractivity contribution in [1.82, 2.24) is 20.4 Å². The van der Waals surface area contributed by atoms with Crippen molar-refractivity contribution in [1.29, 1.82) is 0 Å². The van der Waals surface area contributed by atoms with Gasteiger partial charge in [0.25, 0.3) is 5.91 Å². The molecule has 5 rings (SSSR count). The molecule has 2 aromatic rings. The summed E-state index contributed by atoms with van der Waals surface area (Å²) >= 11 is 0. The van der Waals surface area contributed by atoms with Crippen molar-refractivity contribution >= 4 is 23.4 Å². The van der Waals surface area contributed by atoms with Gasteiger partial charge in [0.2, 0.25) is 11.8 Å². The molecule has 2 aromatic carbocycles. The van der Waals surface area contributed by atoms with Crippen LogP contribution in [0, 0.1) is 11.3 Å². The summed E-state index contributed by atoms with van der Waals surface area (Å²) < 4.78 is 11.6. The lowest BCUT2D eigenvalue weighted by Crippen LogP contribution is -2.55. The maximum atomic E-state index is 14.0. The van der Waals surface area contributed by atoms with E-state index >= 15 is 0 Å². The molecule has 242 valence electrons. The van der Waals surface area contributed by atoms with Crippen molar-refractivity contribution in [2.24, 2.45) is 11.3 Å². The van der Waals surface area contributed by atoms with Crippen LogP contribution in [0.15, 0.2) is 60.7 Å². The second kappa shape index (κ2) is 14.8. The van der Waals surface area contributed by atoms with Gasteiger partial charge in [-0.3, -0.25) is 19.3 Å². The lowest BCUT2D eigenvalue weighted by Gasteiger charge is -2.42. The number of piperidine rings is 1. The normalized spacial score (nSPS) is 22.1. The second-order valence-electron chi connectivity index (χ2n) is 12.6. The molecule has 2 fully saturated rings. The van der Waals surface area contributed by atoms with E-state index in [1.807, 2.05) is 47.4 Å². The smallest absolute Gasteiger partial charge is 0.255 e. The van der Waals surface area contributed by atoms with Crippen LogP contribution >= 0.6 is 0 Å². The number of para-hydroxylation sites is 3. The monoisotopic (exact) mass is 617 g/mol. The highest BCUT2D eigenvalue weighted by Crippen LogP contribution is 2.36. The van der Waals surface area contributed by atoms with Gasteiger partial charge < -0.3 is 29.9 Å². The first-order chi connectivity index (χ1) is 21.8. The Labute approximate surface area is 266 Å². The number of amides is 3. The van der Waals surface area contributed by atoms with Crippen LogP contribution in [0.5, 0.6) is 11.5 Å². The number of hydrogen-bond donors (Lipinski definition) is 2. The quantitative estimate of drug-likeness (QED) is 0.497. The lowest BCUT2D eigenvalue weighted by molar-refractivity contribution is -0.137. The molecule has 1 atom stereocenters. The number of methoxy groups -OCH3 is 1. The molecule has 0 saturated carbocycles. The molecule has 0 unspecified atom stereocenters. The van der Waals surface area contributed by atoms with Gasteiger partial charge in [-0.25, -0.2) is 0 Å². The van der Waals surface area contributed by atoms with Crippen LogP contribution in [-0.2, 0) is 9.59 Å². The third kappa shape index (κ3) is 7.79. The minimum Gasteiger partial charge on any atom is -0.495 e. The summed E-state index contributed by atoms with van der Waals surface area (Å²) in [4.78, 5) is 46.5. The number of ether oxygens (including phenoxy) is 2. The molecule has 0 bridgehead atoms. The molecular weight excluding hydrogens is 570 g/mol. The van der Waals surface area contributed by atoms with Crippen molar-refractivity contribution in [2.45, 2.75) is 39.2 Å². The lowest BCUT2D eigenvalue weighted by atomic mass is 9.74. The molecule has 3 aliphatic heterocycles. The number of rotatable bonds is 5. The Morgan fingerprint density at radius 3 is 2.42 bits per heavy atom. The zero-order chi connectivity index (χ0) is 31.8. The molecule has 10 heteroatoms. The fourth-order valence-electron chi connectivity index (χ4n) is 6.36. The Bertz CT molecular complexity index is 1360. The van der Waals surface area contributed by atoms with Gasteiger partial charge in [-0.2, -0.15) is 0 Å². The van der Waals surface area contributed by atoms with Crippen molar-refractivity contribution < 1.29 is 23.9 Å². The number of carbonyl (C=O) groups excluding carboxylic acids is 3. The number of piperazine rings is 1. The fraction of sp³-hybridized carbons (Fsp3) is 0.514. The van der Waals surface area contributed by atoms with Crippen LogP contribution in [-0.4, -0.2) is 99.6 Å². The van der Waals surface area contributed by atoms with Crippen LogP contribution < -0.4 is 25.0 Å². The maximum Gasteiger partial charge on any atom is 0.255 e. The van der Waals surface area contributed by atoms with Crippen LogP contribution in [0.3, 0.4) is 0 Å². The van der Waals surface area contributed by atoms with E-state index < -0.39 is 5.41 Å². The number of anilines is 1. The first kappa shape index (κ1) is 32.3. The topological polar surface area (TPSA) is 103 Å². The molecule has 3 aliphatic rings. The molecule has 3 amide bonds. The third-order valence-corrected chi connectivity index (χ3v) is 9.44. The molecule has 45 heavy (non-hydrogen) atoms. The summed E-state index contributed by atoms with van der Waals surface area (Å²) in [6, 6.07) is 15.0. The number of nitrogens with zero attached hydrogens (tertiary/aromatic N) is 3. The van der Waals surface area contributed by atoms with E-state index in [4.69, 9.17) is 9.47 Å². The predicted octanol–water partition coefficient (Wildman–Crippen LogP) is 3.34. The van der Waals surface area contributed by atoms with Crippen LogP contribution in [0.2, 0.25) is 0 Å². The van der Waals surface area contributed by atoms with E-state index in [0.717, 1.165) is 24.5 Å². The molecular formula is C35H47N5O5. The Balaban J connectivity index is 1.19. The summed E-state index contributed by atoms with van der Waals surface area (Å²) in [6.45, 7) is 9.30. The van der Waals surface area contributed by atoms with Gasteiger partial charge in [0, 0.05) is 32.7 Å². The number of benzene rings is 2. The van der Waals surface area contributed by atoms with E-state index in [0.29, 0.717) is 69.8 Å². The molecule has 0 aromatic heterocycles. The summed E-state index contributed by atoms with van der Waals surface area (Å²) in [5, 5.41) is 6.24. The van der Waals surface area contributed by atoms with E-state index in [9.17, 15) is 14.4 Å². The Hall–Kier alpha value is -4.05. The van der Waals surface area contributed by atoms with Crippen molar-refractivity contribution in [3.05, 3.63) is 66.2 Å². The van der Waals surface area contributed by atoms with Crippen LogP contribution in [0.25, 0.3) is 0 Å². The summed E-state index contributed by atoms with van der Waals surface area (Å²) in [6.07, 6.45) is 5.81. The molecule has 2 saturated heterocycles. The highest BCUT2D eigenvalue weighted by Gasteiger charge is 2.42. The van der Waals surface area contributed by atoms with Gasteiger partial charge >= 0.3 is 0 Å². The number of fused-ring (bicyclic) bond motifs is 1. The van der Waals surface area contributed by atoms with Gasteiger partial charge in [-0.05, 0) is 62.5 Å². The summed E-state index contributed by atoms with van der Waals surface area (Å²) in [5.41, 5.74) is 0.950. The first-order valence-corrected chi connectivity index (χ1v) is 16.1. The number of likely N-dealkylation sites (tertiary alicyclic amines) is 1. The average Bonchev–Trinajstić information content (AvgIpc) is 3.06. The van der Waals surface area contributed by atoms with Gasteiger partial charge in [0.15, 0.2) is 0 Å². The van der Waals surface area contributed by atoms with E-state index in [1.165, 1.54) is 0 Å². The van der Waals surface area contributed by atoms with Gasteiger partial charge in [0.05, 0.1) is 36.4 Å². The Kier molecular flexibility index (Phi) is 10.7. The van der Waals surface area contributed by atoms with Gasteiger partial charge in [0.1, 0.15) is 18.1 Å². The van der Waals surface area contributed by atoms with Gasteiger partial charge in [-0.15, -0.1) is 0 Å². The summed E-state index contributed by atoms with van der Waals surface area (Å²) in [7, 11) is 1.68. The minimum absolute atomic E-state index is 0.0299. The molecule has 10 nitrogen and oxygen atoms in total. The second-order valence-corrected chi connectivity index (χ2v) is 12.6. The molecule has 3 heterocycles. The fourth-order valence-corrected chi connectivity index (χ4v) is 6.36. The maximum absolute atomic E-state index is 14.0. The van der Waals surface area contributed by atoms with Gasteiger partial charge in [-0.1, -0.05) is 50.3 Å². The Morgan fingerprint density at radius 1 is 0.978 bits per heavy atom. The molecule has 1 spiro atoms. The van der Waals surface area contributed by atoms with E-state index in [-0.39, 0.29) is 36.3 Å². The first-order valence-electron chi connectivity index (χ1n) is 16.1. The van der Waals surface area contributed by atoms with Crippen LogP contribution in [0.4, 0.5) is 5.69 Å². The average molecular weight is 618 g/mol. The zero-order valence-electron chi connectivity index (χ0n) is 26.8. The highest BCUT2D eigenvalue weighted by molar-refractivity contribution is 5.97. The van der Waals surface area contributed by atoms with Crippen molar-refractivity contribution in [3.8, 4) is 11.5 Å². The SMILES string of the molecule is COc1ccccc1N1CCN(C(=O)CN2CCC3(C/C=C/CNC(=O)c4ccccc4OC[C@@H](C(C)C)NC3=O)CC2)CC1. The standard InChI is InChI=1S/C35H47N5O5/c1-26(2)28-25-45-30-12-6-4-10-27(30)33(42)36-17-9-8-14-35(34(43)37-28)15-18-38(19-16-35)24-32(41)40-22-20-39(21-23-40)29-11-5-7-13-31(29)44-3/h4-13,26,28H,14-25H2,1-3H3,(H,36,42)(H,37,43)/b9-8+/t28-/m0/s1. The van der Waals surface area contributed by atoms with Crippen LogP contribution in [0.1, 0.15) is 43.5 Å². The number of hydrogen-bond acceptors (Lipinski definition) is 7. The highest BCUT2D eigenvalue weighted by atomic mass is 16.5. The van der Waals surface area contributed by atoms with Crippen molar-refractivity contribution in [2.75, 3.05) is 71.0 Å². The molecule has 0 radical (unpaired) electrons. The number of nitrogens with one attached hydrogen (secondary N) is 2. The number of allylic oxidation sites excluding steroid dienone is 1. The molecule has 0 aliphatic carbocycles. The molecule has 2 N–H and O–H groups in total. The number of carbonyl (C=O) groups is 3. The zero-order valence-corrected chi connectivity index (χ0v) is 26.8. The third-order valence-electron chi connectivity index (χ3n) is 9.44. The van der Waals surface area contributed by atoms with E-state index in [1.54, 1.807) is 19.2 Å². The minimum atomic E-state index is -0.588. The predicted molar refractivity (Wildman–Crippen MR) is 175 cm³/mol. The Morgan fingerprint density at radius 2 is 1.69 bits per heavy atom. The summed E-state index contributed by atoms with van der Waals surface area (Å²) in [5.74, 6) is 1.46. The van der Waals surface area contributed by atoms with E-state index in [2.05, 4.69) is 40.3 Å². The van der Waals surface area contributed by atoms with Crippen molar-refractivity contribution in [3.63, 3.8) is 0 Å². The largest absolute Gasteiger partial charge is 0.495 e.